The fourth-order valence-corrected chi connectivity index (χ4v) is 3.66. The quantitative estimate of drug-likeness (QED) is 0.671. The van der Waals surface area contributed by atoms with Gasteiger partial charge >= 0.3 is 0 Å². The van der Waals surface area contributed by atoms with E-state index in [0.717, 1.165) is 56.3 Å². The number of ketones is 1. The molecule has 1 saturated heterocycles. The monoisotopic (exact) mass is 259 g/mol. The first-order valence-corrected chi connectivity index (χ1v) is 7.12. The maximum absolute atomic E-state index is 11.7. The summed E-state index contributed by atoms with van der Waals surface area (Å²) in [5.74, 6) is 0.381. The molecule has 1 heterocycles. The minimum atomic E-state index is 0.115. The van der Waals surface area contributed by atoms with Crippen molar-refractivity contribution in [2.24, 2.45) is 0 Å². The molecule has 0 bridgehead atoms. The van der Waals surface area contributed by atoms with Crippen molar-refractivity contribution in [1.82, 2.24) is 4.90 Å². The number of ether oxygens (including phenoxy) is 1. The van der Waals surface area contributed by atoms with Gasteiger partial charge in [-0.2, -0.15) is 0 Å². The lowest BCUT2D eigenvalue weighted by Gasteiger charge is -2.30. The summed E-state index contributed by atoms with van der Waals surface area (Å²) in [7, 11) is 0. The second kappa shape index (κ2) is 5.98. The average molecular weight is 259 g/mol. The summed E-state index contributed by atoms with van der Waals surface area (Å²) < 4.78 is 6.16. The van der Waals surface area contributed by atoms with Gasteiger partial charge in [0, 0.05) is 19.5 Å². The molecule has 90 valence electrons. The van der Waals surface area contributed by atoms with Crippen LogP contribution in [0.4, 0.5) is 0 Å². The topological polar surface area (TPSA) is 29.5 Å². The molecule has 1 atom stereocenters. The van der Waals surface area contributed by atoms with Crippen LogP contribution in [-0.2, 0) is 9.53 Å². The Balaban J connectivity index is 1.83. The lowest BCUT2D eigenvalue weighted by Crippen LogP contribution is -2.39. The number of carbonyl (C=O) groups excluding carboxylic acids is 1. The third-order valence-corrected chi connectivity index (χ3v) is 4.80. The predicted octanol–water partition coefficient (Wildman–Crippen LogP) is 1.85. The first-order valence-electron chi connectivity index (χ1n) is 5.83. The number of thiocarbonyl (C=S) groups is 1. The van der Waals surface area contributed by atoms with Crippen molar-refractivity contribution in [3.63, 3.8) is 0 Å². The van der Waals surface area contributed by atoms with Crippen LogP contribution in [0.2, 0.25) is 0 Å². The minimum absolute atomic E-state index is 0.115. The summed E-state index contributed by atoms with van der Waals surface area (Å²) in [6.07, 6.45) is 3.95. The Labute approximate surface area is 106 Å². The molecular formula is C11H17NO2S2. The van der Waals surface area contributed by atoms with Gasteiger partial charge in [0.1, 0.15) is 10.1 Å². The molecule has 2 fully saturated rings. The molecule has 1 aliphatic carbocycles. The number of carbonyl (C=O) groups is 1. The molecule has 0 spiro atoms. The van der Waals surface area contributed by atoms with Crippen molar-refractivity contribution in [3.8, 4) is 0 Å². The zero-order valence-corrected chi connectivity index (χ0v) is 10.9. The van der Waals surface area contributed by atoms with Gasteiger partial charge in [-0.25, -0.2) is 0 Å². The maximum Gasteiger partial charge on any atom is 0.146 e. The van der Waals surface area contributed by atoms with Gasteiger partial charge in [0.15, 0.2) is 0 Å². The number of morpholine rings is 1. The van der Waals surface area contributed by atoms with E-state index in [1.165, 1.54) is 0 Å². The van der Waals surface area contributed by atoms with Gasteiger partial charge < -0.3 is 9.64 Å². The van der Waals surface area contributed by atoms with Gasteiger partial charge in [-0.3, -0.25) is 4.79 Å². The highest BCUT2D eigenvalue weighted by Crippen LogP contribution is 2.28. The molecule has 0 amide bonds. The first kappa shape index (κ1) is 12.3. The van der Waals surface area contributed by atoms with Crippen LogP contribution in [0.1, 0.15) is 25.7 Å². The molecule has 16 heavy (non-hydrogen) atoms. The Kier molecular flexibility index (Phi) is 4.61. The van der Waals surface area contributed by atoms with Crippen molar-refractivity contribution in [2.75, 3.05) is 26.3 Å². The number of hydrogen-bond donors (Lipinski definition) is 0. The van der Waals surface area contributed by atoms with E-state index in [1.807, 2.05) is 0 Å². The fraction of sp³-hybridized carbons (Fsp3) is 0.818. The summed E-state index contributed by atoms with van der Waals surface area (Å²) in [5, 5.41) is 0.115. The summed E-state index contributed by atoms with van der Waals surface area (Å²) in [6, 6.07) is 0. The van der Waals surface area contributed by atoms with E-state index in [2.05, 4.69) is 4.90 Å². The van der Waals surface area contributed by atoms with E-state index >= 15 is 0 Å². The second-order valence-electron chi connectivity index (χ2n) is 4.18. The van der Waals surface area contributed by atoms with Gasteiger partial charge in [0.25, 0.3) is 0 Å². The largest absolute Gasteiger partial charge is 0.378 e. The lowest BCUT2D eigenvalue weighted by atomic mass is 9.99. The molecule has 1 saturated carbocycles. The number of hydrogen-bond acceptors (Lipinski definition) is 4. The smallest absolute Gasteiger partial charge is 0.146 e. The molecule has 0 N–H and O–H groups in total. The molecule has 0 aromatic rings. The van der Waals surface area contributed by atoms with E-state index in [9.17, 15) is 4.79 Å². The van der Waals surface area contributed by atoms with Crippen LogP contribution in [0.25, 0.3) is 0 Å². The van der Waals surface area contributed by atoms with Crippen LogP contribution in [0.3, 0.4) is 0 Å². The van der Waals surface area contributed by atoms with Gasteiger partial charge in [-0.05, 0) is 12.8 Å². The molecule has 5 heteroatoms. The standard InChI is InChI=1S/C11H17NO2S2/c13-9-3-1-2-4-10(9)16-11(15)12-5-7-14-8-6-12/h10H,1-8H2/t10-/m1/s1. The van der Waals surface area contributed by atoms with Gasteiger partial charge in [-0.1, -0.05) is 30.4 Å². The molecule has 0 radical (unpaired) electrons. The number of thioether (sulfide) groups is 1. The van der Waals surface area contributed by atoms with Crippen LogP contribution in [-0.4, -0.2) is 46.6 Å². The van der Waals surface area contributed by atoms with E-state index in [0.29, 0.717) is 5.78 Å². The van der Waals surface area contributed by atoms with Crippen molar-refractivity contribution < 1.29 is 9.53 Å². The molecular weight excluding hydrogens is 242 g/mol. The number of nitrogens with zero attached hydrogens (tertiary/aromatic N) is 1. The summed E-state index contributed by atoms with van der Waals surface area (Å²) in [6.45, 7) is 3.23. The zero-order valence-electron chi connectivity index (χ0n) is 9.31. The Morgan fingerprint density at radius 2 is 2.12 bits per heavy atom. The van der Waals surface area contributed by atoms with E-state index < -0.39 is 0 Å². The van der Waals surface area contributed by atoms with Crippen molar-refractivity contribution >= 4 is 34.1 Å². The van der Waals surface area contributed by atoms with Gasteiger partial charge in [0.05, 0.1) is 18.5 Å². The molecule has 2 rings (SSSR count). The first-order chi connectivity index (χ1) is 7.77. The normalized spacial score (nSPS) is 26.9. The Hall–Kier alpha value is -0.130. The zero-order chi connectivity index (χ0) is 11.4. The molecule has 0 unspecified atom stereocenters. The van der Waals surface area contributed by atoms with Crippen LogP contribution < -0.4 is 0 Å². The van der Waals surface area contributed by atoms with Crippen molar-refractivity contribution in [1.29, 1.82) is 0 Å². The van der Waals surface area contributed by atoms with Crippen molar-refractivity contribution in [3.05, 3.63) is 0 Å². The molecule has 1 aliphatic heterocycles. The molecule has 2 aliphatic rings. The highest BCUT2D eigenvalue weighted by Gasteiger charge is 2.26. The van der Waals surface area contributed by atoms with Gasteiger partial charge in [-0.15, -0.1) is 0 Å². The van der Waals surface area contributed by atoms with E-state index in [1.54, 1.807) is 11.8 Å². The lowest BCUT2D eigenvalue weighted by molar-refractivity contribution is -0.119. The summed E-state index contributed by atoms with van der Waals surface area (Å²) >= 11 is 6.98. The third kappa shape index (κ3) is 3.18. The van der Waals surface area contributed by atoms with Crippen LogP contribution >= 0.6 is 24.0 Å². The second-order valence-corrected chi connectivity index (χ2v) is 6.02. The fourth-order valence-electron chi connectivity index (χ4n) is 2.02. The average Bonchev–Trinajstić information content (AvgIpc) is 2.33. The number of rotatable bonds is 1. The summed E-state index contributed by atoms with van der Waals surface area (Å²) in [5.41, 5.74) is 0. The Morgan fingerprint density at radius 1 is 1.38 bits per heavy atom. The summed E-state index contributed by atoms with van der Waals surface area (Å²) in [4.78, 5) is 13.8. The third-order valence-electron chi connectivity index (χ3n) is 3.01. The van der Waals surface area contributed by atoms with E-state index in [-0.39, 0.29) is 5.25 Å². The highest BCUT2D eigenvalue weighted by atomic mass is 32.2. The minimum Gasteiger partial charge on any atom is -0.378 e. The Morgan fingerprint density at radius 3 is 2.81 bits per heavy atom. The Bertz CT molecular complexity index is 277. The molecule has 3 nitrogen and oxygen atoms in total. The molecule has 0 aromatic carbocycles. The van der Waals surface area contributed by atoms with Crippen LogP contribution in [0.5, 0.6) is 0 Å². The predicted molar refractivity (Wildman–Crippen MR) is 69.8 cm³/mol. The van der Waals surface area contributed by atoms with Crippen LogP contribution in [0.15, 0.2) is 0 Å². The maximum atomic E-state index is 11.7. The van der Waals surface area contributed by atoms with Crippen molar-refractivity contribution in [2.45, 2.75) is 30.9 Å². The van der Waals surface area contributed by atoms with Gasteiger partial charge in [0.2, 0.25) is 0 Å². The SMILES string of the molecule is O=C1CCCC[C@H]1SC(=S)N1CCOCC1. The molecule has 0 aromatic heterocycles. The highest BCUT2D eigenvalue weighted by molar-refractivity contribution is 8.23. The van der Waals surface area contributed by atoms with Crippen LogP contribution in [0, 0.1) is 0 Å². The number of Topliss-reactive ketones (excluding diaryl/α,β-unsaturated/α-hetero) is 1. The van der Waals surface area contributed by atoms with E-state index in [4.69, 9.17) is 17.0 Å².